The van der Waals surface area contributed by atoms with Crippen molar-refractivity contribution in [3.8, 4) is 0 Å². The van der Waals surface area contributed by atoms with Crippen molar-refractivity contribution in [1.82, 2.24) is 9.78 Å². The number of halogens is 1. The lowest BCUT2D eigenvalue weighted by Gasteiger charge is -2.26. The lowest BCUT2D eigenvalue weighted by atomic mass is 9.84. The molecule has 0 aliphatic heterocycles. The van der Waals surface area contributed by atoms with Crippen LogP contribution in [0.1, 0.15) is 19.3 Å². The Morgan fingerprint density at radius 2 is 2.29 bits per heavy atom. The molecule has 1 amide bonds. The van der Waals surface area contributed by atoms with E-state index in [1.54, 1.807) is 18.0 Å². The molecule has 2 fully saturated rings. The first-order chi connectivity index (χ1) is 9.69. The summed E-state index contributed by atoms with van der Waals surface area (Å²) >= 11 is 0. The van der Waals surface area contributed by atoms with E-state index in [4.69, 9.17) is 10.5 Å². The van der Waals surface area contributed by atoms with Crippen LogP contribution in [0.15, 0.2) is 12.4 Å². The number of fused-ring (bicyclic) bond motifs is 2. The van der Waals surface area contributed by atoms with E-state index in [1.165, 1.54) is 6.42 Å². The molecular weight excluding hydrogens is 292 g/mol. The smallest absolute Gasteiger partial charge is 0.229 e. The van der Waals surface area contributed by atoms with E-state index in [1.807, 2.05) is 6.20 Å². The molecule has 3 rings (SSSR count). The number of hydrogen-bond donors (Lipinski definition) is 2. The van der Waals surface area contributed by atoms with E-state index in [0.717, 1.165) is 18.5 Å². The summed E-state index contributed by atoms with van der Waals surface area (Å²) in [4.78, 5) is 12.4. The number of nitrogens with zero attached hydrogens (tertiary/aromatic N) is 2. The Kier molecular flexibility index (Phi) is 5.24. The van der Waals surface area contributed by atoms with E-state index in [-0.39, 0.29) is 30.3 Å². The molecule has 2 aliphatic carbocycles. The number of carbonyl (C=O) groups is 1. The highest BCUT2D eigenvalue weighted by atomic mass is 35.5. The summed E-state index contributed by atoms with van der Waals surface area (Å²) in [6.45, 7) is 1.28. The number of nitrogens with one attached hydrogen (secondary N) is 1. The van der Waals surface area contributed by atoms with E-state index in [9.17, 15) is 4.79 Å². The predicted molar refractivity (Wildman–Crippen MR) is 82.3 cm³/mol. The summed E-state index contributed by atoms with van der Waals surface area (Å²) in [5.41, 5.74) is 6.93. The van der Waals surface area contributed by atoms with Crippen LogP contribution in [0, 0.1) is 17.8 Å². The Morgan fingerprint density at radius 3 is 2.95 bits per heavy atom. The van der Waals surface area contributed by atoms with Crippen molar-refractivity contribution in [2.45, 2.75) is 31.8 Å². The number of aromatic nitrogens is 2. The molecule has 21 heavy (non-hydrogen) atoms. The largest absolute Gasteiger partial charge is 0.383 e. The molecule has 2 bridgehead atoms. The molecule has 3 N–H and O–H groups in total. The maximum absolute atomic E-state index is 12.4. The van der Waals surface area contributed by atoms with Crippen LogP contribution in [0.5, 0.6) is 0 Å². The lowest BCUT2D eigenvalue weighted by molar-refractivity contribution is -0.121. The van der Waals surface area contributed by atoms with Crippen LogP contribution >= 0.6 is 12.4 Å². The summed E-state index contributed by atoms with van der Waals surface area (Å²) in [6, 6.07) is 0.0253. The van der Waals surface area contributed by atoms with E-state index >= 15 is 0 Å². The summed E-state index contributed by atoms with van der Waals surface area (Å²) in [6.07, 6.45) is 6.95. The van der Waals surface area contributed by atoms with Gasteiger partial charge in [0.15, 0.2) is 0 Å². The fourth-order valence-corrected chi connectivity index (χ4v) is 3.69. The molecule has 4 atom stereocenters. The van der Waals surface area contributed by atoms with Crippen molar-refractivity contribution in [3.63, 3.8) is 0 Å². The Morgan fingerprint density at radius 1 is 1.52 bits per heavy atom. The second-order valence-electron chi connectivity index (χ2n) is 5.91. The van der Waals surface area contributed by atoms with Crippen molar-refractivity contribution in [2.75, 3.05) is 19.0 Å². The SMILES string of the molecule is COCCn1cc(NC(=O)C2C3CCC(C3)C2N)cn1.Cl. The number of ether oxygens (including phenoxy) is 1. The first-order valence-electron chi connectivity index (χ1n) is 7.27. The van der Waals surface area contributed by atoms with Gasteiger partial charge in [0, 0.05) is 19.3 Å². The lowest BCUT2D eigenvalue weighted by Crippen LogP contribution is -2.42. The molecule has 0 saturated heterocycles. The van der Waals surface area contributed by atoms with E-state index < -0.39 is 0 Å². The monoisotopic (exact) mass is 314 g/mol. The number of hydrogen-bond acceptors (Lipinski definition) is 4. The average molecular weight is 315 g/mol. The number of anilines is 1. The molecule has 0 aromatic carbocycles. The van der Waals surface area contributed by atoms with Gasteiger partial charge in [-0.2, -0.15) is 5.10 Å². The minimum Gasteiger partial charge on any atom is -0.383 e. The summed E-state index contributed by atoms with van der Waals surface area (Å²) < 4.78 is 6.76. The van der Waals surface area contributed by atoms with Gasteiger partial charge in [-0.05, 0) is 31.1 Å². The van der Waals surface area contributed by atoms with Gasteiger partial charge in [0.25, 0.3) is 0 Å². The van der Waals surface area contributed by atoms with Gasteiger partial charge in [0.2, 0.25) is 5.91 Å². The van der Waals surface area contributed by atoms with Crippen LogP contribution in [0.3, 0.4) is 0 Å². The predicted octanol–water partition coefficient (Wildman–Crippen LogP) is 1.26. The Bertz CT molecular complexity index is 491. The molecule has 4 unspecified atom stereocenters. The second-order valence-corrected chi connectivity index (χ2v) is 5.91. The van der Waals surface area contributed by atoms with Crippen LogP contribution in [0.25, 0.3) is 0 Å². The molecule has 2 aliphatic rings. The molecule has 6 nitrogen and oxygen atoms in total. The zero-order valence-electron chi connectivity index (χ0n) is 12.2. The fraction of sp³-hybridized carbons (Fsp3) is 0.714. The van der Waals surface area contributed by atoms with Crippen LogP contribution < -0.4 is 11.1 Å². The van der Waals surface area contributed by atoms with Gasteiger partial charge in [-0.3, -0.25) is 9.48 Å². The van der Waals surface area contributed by atoms with Gasteiger partial charge in [-0.1, -0.05) is 0 Å². The average Bonchev–Trinajstić information content (AvgIpc) is 3.12. The Hall–Kier alpha value is -1.11. The van der Waals surface area contributed by atoms with Gasteiger partial charge in [-0.15, -0.1) is 12.4 Å². The van der Waals surface area contributed by atoms with Crippen molar-refractivity contribution in [3.05, 3.63) is 12.4 Å². The normalized spacial score (nSPS) is 30.2. The molecule has 1 heterocycles. The highest BCUT2D eigenvalue weighted by Crippen LogP contribution is 2.47. The van der Waals surface area contributed by atoms with Crippen molar-refractivity contribution >= 4 is 24.0 Å². The Balaban J connectivity index is 0.00000161. The third-order valence-electron chi connectivity index (χ3n) is 4.71. The van der Waals surface area contributed by atoms with Crippen molar-refractivity contribution < 1.29 is 9.53 Å². The van der Waals surface area contributed by atoms with Crippen LogP contribution in [-0.4, -0.2) is 35.4 Å². The van der Waals surface area contributed by atoms with Gasteiger partial charge in [-0.25, -0.2) is 0 Å². The Labute approximate surface area is 130 Å². The quantitative estimate of drug-likeness (QED) is 0.857. The first kappa shape index (κ1) is 16.3. The van der Waals surface area contributed by atoms with E-state index in [2.05, 4.69) is 10.4 Å². The maximum Gasteiger partial charge on any atom is 0.229 e. The fourth-order valence-electron chi connectivity index (χ4n) is 3.69. The summed E-state index contributed by atoms with van der Waals surface area (Å²) in [5.74, 6) is 1.03. The molecule has 118 valence electrons. The molecule has 7 heteroatoms. The van der Waals surface area contributed by atoms with Crippen LogP contribution in [0.2, 0.25) is 0 Å². The molecular formula is C14H23ClN4O2. The van der Waals surface area contributed by atoms with Crippen LogP contribution in [0.4, 0.5) is 5.69 Å². The van der Waals surface area contributed by atoms with Gasteiger partial charge in [0.05, 0.1) is 31.0 Å². The van der Waals surface area contributed by atoms with E-state index in [0.29, 0.717) is 25.0 Å². The molecule has 2 saturated carbocycles. The van der Waals surface area contributed by atoms with Gasteiger partial charge < -0.3 is 15.8 Å². The number of methoxy groups -OCH3 is 1. The van der Waals surface area contributed by atoms with Gasteiger partial charge >= 0.3 is 0 Å². The summed E-state index contributed by atoms with van der Waals surface area (Å²) in [7, 11) is 1.66. The highest BCUT2D eigenvalue weighted by molar-refractivity contribution is 5.93. The van der Waals surface area contributed by atoms with Crippen molar-refractivity contribution in [1.29, 1.82) is 0 Å². The highest BCUT2D eigenvalue weighted by Gasteiger charge is 2.49. The molecule has 1 aromatic heterocycles. The third-order valence-corrected chi connectivity index (χ3v) is 4.71. The topological polar surface area (TPSA) is 82.2 Å². The summed E-state index contributed by atoms with van der Waals surface area (Å²) in [5, 5.41) is 7.14. The minimum atomic E-state index is -0.0314. The minimum absolute atomic E-state index is 0. The zero-order valence-corrected chi connectivity index (χ0v) is 13.0. The van der Waals surface area contributed by atoms with Gasteiger partial charge in [0.1, 0.15) is 0 Å². The maximum atomic E-state index is 12.4. The van der Waals surface area contributed by atoms with Crippen molar-refractivity contribution in [2.24, 2.45) is 23.5 Å². The standard InChI is InChI=1S/C14H22N4O2.ClH/c1-20-5-4-18-8-11(7-16-18)17-14(19)12-9-2-3-10(6-9)13(12)15;/h7-10,12-13H,2-6,15H2,1H3,(H,17,19);1H. The first-order valence-corrected chi connectivity index (χ1v) is 7.27. The number of nitrogens with two attached hydrogens (primary N) is 1. The number of carbonyl (C=O) groups excluding carboxylic acids is 1. The van der Waals surface area contributed by atoms with Crippen LogP contribution in [-0.2, 0) is 16.1 Å². The number of amides is 1. The second kappa shape index (κ2) is 6.77. The molecule has 0 radical (unpaired) electrons. The third kappa shape index (κ3) is 3.22. The molecule has 1 aromatic rings. The number of rotatable bonds is 5. The molecule has 0 spiro atoms. The zero-order chi connectivity index (χ0) is 14.1.